The minimum atomic E-state index is -0.204. The highest BCUT2D eigenvalue weighted by Gasteiger charge is 2.22. The summed E-state index contributed by atoms with van der Waals surface area (Å²) in [7, 11) is 0. The summed E-state index contributed by atoms with van der Waals surface area (Å²) < 4.78 is 0. The molecule has 0 saturated carbocycles. The first-order chi connectivity index (χ1) is 10.4. The van der Waals surface area contributed by atoms with Gasteiger partial charge in [0.25, 0.3) is 0 Å². The van der Waals surface area contributed by atoms with Crippen LogP contribution in [-0.2, 0) is 4.79 Å². The van der Waals surface area contributed by atoms with Gasteiger partial charge in [-0.3, -0.25) is 4.79 Å². The smallest absolute Gasteiger partial charge is 0.224 e. The van der Waals surface area contributed by atoms with Gasteiger partial charge in [0.1, 0.15) is 5.01 Å². The van der Waals surface area contributed by atoms with Crippen molar-refractivity contribution in [2.75, 3.05) is 0 Å². The molecule has 2 rings (SSSR count). The summed E-state index contributed by atoms with van der Waals surface area (Å²) in [5.41, 5.74) is 7.85. The second-order valence-electron chi connectivity index (χ2n) is 5.71. The predicted molar refractivity (Wildman–Crippen MR) is 91.7 cm³/mol. The number of benzene rings is 1. The molecule has 0 aliphatic heterocycles. The van der Waals surface area contributed by atoms with Gasteiger partial charge < -0.3 is 11.1 Å². The van der Waals surface area contributed by atoms with Crippen molar-refractivity contribution in [2.24, 2.45) is 11.7 Å². The summed E-state index contributed by atoms with van der Waals surface area (Å²) in [6.07, 6.45) is 0. The Balaban J connectivity index is 2.16. The molecule has 4 nitrogen and oxygen atoms in total. The predicted octanol–water partition coefficient (Wildman–Crippen LogP) is 3.28. The van der Waals surface area contributed by atoms with Crippen LogP contribution in [0, 0.1) is 12.8 Å². The third-order valence-electron chi connectivity index (χ3n) is 3.81. The molecule has 3 N–H and O–H groups in total. The molecule has 1 amide bonds. The molecule has 0 saturated heterocycles. The van der Waals surface area contributed by atoms with Gasteiger partial charge in [0.15, 0.2) is 0 Å². The summed E-state index contributed by atoms with van der Waals surface area (Å²) in [5, 5.41) is 4.02. The molecule has 0 bridgehead atoms. The molecule has 3 unspecified atom stereocenters. The van der Waals surface area contributed by atoms with E-state index in [4.69, 9.17) is 5.73 Å². The van der Waals surface area contributed by atoms with Gasteiger partial charge in [-0.15, -0.1) is 11.3 Å². The SMILES string of the molecule is Cc1nc(-c2ccccc2)sc1C(C)NC(=O)C(C)C(C)N. The Morgan fingerprint density at radius 1 is 1.23 bits per heavy atom. The van der Waals surface area contributed by atoms with Gasteiger partial charge in [-0.1, -0.05) is 37.3 Å². The normalized spacial score (nSPS) is 15.1. The van der Waals surface area contributed by atoms with Gasteiger partial charge in [0, 0.05) is 17.5 Å². The highest BCUT2D eigenvalue weighted by Crippen LogP contribution is 2.31. The van der Waals surface area contributed by atoms with E-state index in [9.17, 15) is 4.79 Å². The molecular formula is C17H23N3OS. The zero-order chi connectivity index (χ0) is 16.3. The van der Waals surface area contributed by atoms with E-state index in [1.165, 1.54) is 0 Å². The Hall–Kier alpha value is -1.72. The van der Waals surface area contributed by atoms with Crippen LogP contribution in [0.4, 0.5) is 0 Å². The van der Waals surface area contributed by atoms with Crippen molar-refractivity contribution in [1.82, 2.24) is 10.3 Å². The van der Waals surface area contributed by atoms with E-state index >= 15 is 0 Å². The molecule has 0 aliphatic carbocycles. The Morgan fingerprint density at radius 3 is 2.45 bits per heavy atom. The lowest BCUT2D eigenvalue weighted by Crippen LogP contribution is -2.39. The number of carbonyl (C=O) groups excluding carboxylic acids is 1. The number of thiazole rings is 1. The quantitative estimate of drug-likeness (QED) is 0.889. The Labute approximate surface area is 135 Å². The first-order valence-electron chi connectivity index (χ1n) is 7.49. The zero-order valence-electron chi connectivity index (χ0n) is 13.5. The minimum absolute atomic E-state index is 0.0171. The van der Waals surface area contributed by atoms with Crippen LogP contribution >= 0.6 is 11.3 Å². The highest BCUT2D eigenvalue weighted by molar-refractivity contribution is 7.15. The Kier molecular flexibility index (Phi) is 5.32. The molecule has 0 fully saturated rings. The van der Waals surface area contributed by atoms with Crippen molar-refractivity contribution in [1.29, 1.82) is 0 Å². The number of aromatic nitrogens is 1. The minimum Gasteiger partial charge on any atom is -0.348 e. The number of nitrogens with two attached hydrogens (primary N) is 1. The molecule has 22 heavy (non-hydrogen) atoms. The fraction of sp³-hybridized carbons (Fsp3) is 0.412. The van der Waals surface area contributed by atoms with Crippen molar-refractivity contribution >= 4 is 17.2 Å². The lowest BCUT2D eigenvalue weighted by Gasteiger charge is -2.19. The fourth-order valence-electron chi connectivity index (χ4n) is 2.16. The number of hydrogen-bond acceptors (Lipinski definition) is 4. The number of amides is 1. The molecule has 1 aromatic heterocycles. The summed E-state index contributed by atoms with van der Waals surface area (Å²) in [5.74, 6) is -0.221. The number of hydrogen-bond donors (Lipinski definition) is 2. The van der Waals surface area contributed by atoms with Crippen LogP contribution in [0.3, 0.4) is 0 Å². The van der Waals surface area contributed by atoms with Crippen molar-refractivity contribution in [2.45, 2.75) is 39.8 Å². The van der Waals surface area contributed by atoms with Gasteiger partial charge in [-0.25, -0.2) is 4.98 Å². The lowest BCUT2D eigenvalue weighted by molar-refractivity contribution is -0.125. The molecule has 5 heteroatoms. The Morgan fingerprint density at radius 2 is 1.86 bits per heavy atom. The molecule has 0 spiro atoms. The summed E-state index contributed by atoms with van der Waals surface area (Å²) >= 11 is 1.63. The number of nitrogens with one attached hydrogen (secondary N) is 1. The van der Waals surface area contributed by atoms with Crippen molar-refractivity contribution in [3.05, 3.63) is 40.9 Å². The first kappa shape index (κ1) is 16.6. The van der Waals surface area contributed by atoms with Crippen molar-refractivity contribution in [3.8, 4) is 10.6 Å². The Bertz CT molecular complexity index is 637. The van der Waals surface area contributed by atoms with Crippen LogP contribution in [0.5, 0.6) is 0 Å². The number of rotatable bonds is 5. The summed E-state index contributed by atoms with van der Waals surface area (Å²) in [4.78, 5) is 17.9. The third-order valence-corrected chi connectivity index (χ3v) is 5.20. The maximum absolute atomic E-state index is 12.1. The highest BCUT2D eigenvalue weighted by atomic mass is 32.1. The van der Waals surface area contributed by atoms with E-state index in [0.717, 1.165) is 21.1 Å². The second-order valence-corrected chi connectivity index (χ2v) is 6.74. The van der Waals surface area contributed by atoms with E-state index in [1.807, 2.05) is 58.0 Å². The summed E-state index contributed by atoms with van der Waals surface area (Å²) in [6, 6.07) is 9.86. The molecule has 0 aliphatic rings. The number of aryl methyl sites for hydroxylation is 1. The van der Waals surface area contributed by atoms with Crippen LogP contribution in [0.2, 0.25) is 0 Å². The van der Waals surface area contributed by atoms with Crippen molar-refractivity contribution < 1.29 is 4.79 Å². The van der Waals surface area contributed by atoms with E-state index in [2.05, 4.69) is 10.3 Å². The molecule has 118 valence electrons. The fourth-order valence-corrected chi connectivity index (χ4v) is 3.24. The standard InChI is InChI=1S/C17H23N3OS/c1-10(11(2)18)16(21)19-12(3)15-13(4)20-17(22-15)14-8-6-5-7-9-14/h5-12H,18H2,1-4H3,(H,19,21). The maximum atomic E-state index is 12.1. The summed E-state index contributed by atoms with van der Waals surface area (Å²) in [6.45, 7) is 7.67. The van der Waals surface area contributed by atoms with Crippen molar-refractivity contribution in [3.63, 3.8) is 0 Å². The van der Waals surface area contributed by atoms with Crippen LogP contribution in [0.1, 0.15) is 37.4 Å². The van der Waals surface area contributed by atoms with Gasteiger partial charge in [0.2, 0.25) is 5.91 Å². The van der Waals surface area contributed by atoms with Crippen LogP contribution in [0.15, 0.2) is 30.3 Å². The van der Waals surface area contributed by atoms with E-state index < -0.39 is 0 Å². The maximum Gasteiger partial charge on any atom is 0.224 e. The molecular weight excluding hydrogens is 294 g/mol. The van der Waals surface area contributed by atoms with E-state index in [-0.39, 0.29) is 23.9 Å². The molecule has 2 aromatic rings. The average molecular weight is 317 g/mol. The van der Waals surface area contributed by atoms with E-state index in [0.29, 0.717) is 0 Å². The van der Waals surface area contributed by atoms with Gasteiger partial charge in [-0.05, 0) is 20.8 Å². The molecule has 0 radical (unpaired) electrons. The number of nitrogens with zero attached hydrogens (tertiary/aromatic N) is 1. The largest absolute Gasteiger partial charge is 0.348 e. The molecule has 1 heterocycles. The second kappa shape index (κ2) is 7.03. The van der Waals surface area contributed by atoms with Crippen LogP contribution < -0.4 is 11.1 Å². The third kappa shape index (κ3) is 3.72. The van der Waals surface area contributed by atoms with E-state index in [1.54, 1.807) is 11.3 Å². The van der Waals surface area contributed by atoms with Crippen LogP contribution in [0.25, 0.3) is 10.6 Å². The van der Waals surface area contributed by atoms with Crippen LogP contribution in [-0.4, -0.2) is 16.9 Å². The molecule has 3 atom stereocenters. The van der Waals surface area contributed by atoms with Gasteiger partial charge in [-0.2, -0.15) is 0 Å². The van der Waals surface area contributed by atoms with Gasteiger partial charge >= 0.3 is 0 Å². The topological polar surface area (TPSA) is 68.0 Å². The van der Waals surface area contributed by atoms with Gasteiger partial charge in [0.05, 0.1) is 16.6 Å². The lowest BCUT2D eigenvalue weighted by atomic mass is 10.0. The number of carbonyl (C=O) groups is 1. The molecule has 1 aromatic carbocycles. The average Bonchev–Trinajstić information content (AvgIpc) is 2.89. The first-order valence-corrected chi connectivity index (χ1v) is 8.30. The zero-order valence-corrected chi connectivity index (χ0v) is 14.3. The monoisotopic (exact) mass is 317 g/mol.